The van der Waals surface area contributed by atoms with Crippen molar-refractivity contribution in [2.75, 3.05) is 6.54 Å². The molecule has 1 aliphatic carbocycles. The summed E-state index contributed by atoms with van der Waals surface area (Å²) >= 11 is 6.08. The van der Waals surface area contributed by atoms with Gasteiger partial charge in [-0.3, -0.25) is 0 Å². The van der Waals surface area contributed by atoms with Crippen molar-refractivity contribution >= 4 is 11.6 Å². The first-order valence-corrected chi connectivity index (χ1v) is 7.20. The van der Waals surface area contributed by atoms with Crippen molar-refractivity contribution in [1.29, 1.82) is 0 Å². The van der Waals surface area contributed by atoms with E-state index in [1.165, 1.54) is 56.2 Å². The Hall–Kier alpha value is -0.530. The summed E-state index contributed by atoms with van der Waals surface area (Å²) in [5.41, 5.74) is 3.01. The van der Waals surface area contributed by atoms with Crippen molar-refractivity contribution in [2.24, 2.45) is 5.92 Å². The van der Waals surface area contributed by atoms with Crippen molar-refractivity contribution < 1.29 is 0 Å². The summed E-state index contributed by atoms with van der Waals surface area (Å²) in [4.78, 5) is 0. The number of benzene rings is 1. The molecule has 1 aromatic rings. The predicted molar refractivity (Wildman–Crippen MR) is 72.6 cm³/mol. The monoisotopic (exact) mass is 249 g/mol. The molecule has 1 aliphatic heterocycles. The van der Waals surface area contributed by atoms with Gasteiger partial charge in [0.1, 0.15) is 0 Å². The summed E-state index contributed by atoms with van der Waals surface area (Å²) in [7, 11) is 0. The molecule has 0 bridgehead atoms. The zero-order valence-electron chi connectivity index (χ0n) is 10.2. The Morgan fingerprint density at radius 2 is 2.18 bits per heavy atom. The average molecular weight is 250 g/mol. The number of rotatable bonds is 2. The molecule has 0 aromatic heterocycles. The molecule has 0 spiro atoms. The van der Waals surface area contributed by atoms with Gasteiger partial charge >= 0.3 is 0 Å². The van der Waals surface area contributed by atoms with E-state index in [1.807, 2.05) is 6.07 Å². The van der Waals surface area contributed by atoms with Gasteiger partial charge in [-0.25, -0.2) is 0 Å². The molecule has 17 heavy (non-hydrogen) atoms. The Labute approximate surface area is 109 Å². The van der Waals surface area contributed by atoms with Crippen LogP contribution in [0.5, 0.6) is 0 Å². The molecule has 2 atom stereocenters. The largest absolute Gasteiger partial charge is 0.314 e. The second-order valence-corrected chi connectivity index (χ2v) is 5.99. The Morgan fingerprint density at radius 3 is 3.00 bits per heavy atom. The van der Waals surface area contributed by atoms with E-state index in [0.717, 1.165) is 17.0 Å². The van der Waals surface area contributed by atoms with Crippen LogP contribution in [0.1, 0.15) is 36.8 Å². The van der Waals surface area contributed by atoms with Gasteiger partial charge in [0.05, 0.1) is 0 Å². The topological polar surface area (TPSA) is 12.0 Å². The molecular weight excluding hydrogens is 230 g/mol. The van der Waals surface area contributed by atoms with Gasteiger partial charge < -0.3 is 5.32 Å². The third-order valence-corrected chi connectivity index (χ3v) is 4.51. The van der Waals surface area contributed by atoms with E-state index in [2.05, 4.69) is 17.4 Å². The van der Waals surface area contributed by atoms with E-state index >= 15 is 0 Å². The Balaban J connectivity index is 1.67. The van der Waals surface area contributed by atoms with E-state index in [-0.39, 0.29) is 0 Å². The first kappa shape index (κ1) is 11.6. The highest BCUT2D eigenvalue weighted by atomic mass is 35.5. The molecule has 0 radical (unpaired) electrons. The van der Waals surface area contributed by atoms with Crippen LogP contribution in [0.3, 0.4) is 0 Å². The van der Waals surface area contributed by atoms with Crippen LogP contribution in [-0.2, 0) is 12.8 Å². The van der Waals surface area contributed by atoms with Gasteiger partial charge in [-0.05, 0) is 74.2 Å². The summed E-state index contributed by atoms with van der Waals surface area (Å²) in [5.74, 6) is 0.858. The second kappa shape index (κ2) is 4.99. The number of halogens is 1. The van der Waals surface area contributed by atoms with Crippen LogP contribution in [0.15, 0.2) is 18.2 Å². The maximum absolute atomic E-state index is 6.08. The number of hydrogen-bond donors (Lipinski definition) is 1. The van der Waals surface area contributed by atoms with Crippen molar-refractivity contribution in [3.63, 3.8) is 0 Å². The highest BCUT2D eigenvalue weighted by Gasteiger charge is 2.23. The Kier molecular flexibility index (Phi) is 3.39. The zero-order valence-corrected chi connectivity index (χ0v) is 11.0. The molecule has 1 N–H and O–H groups in total. The van der Waals surface area contributed by atoms with Crippen molar-refractivity contribution in [1.82, 2.24) is 5.32 Å². The summed E-state index contributed by atoms with van der Waals surface area (Å²) in [5, 5.41) is 4.51. The minimum Gasteiger partial charge on any atom is -0.314 e. The summed E-state index contributed by atoms with van der Waals surface area (Å²) in [6.07, 6.45) is 7.91. The SMILES string of the molecule is Clc1ccc2c(c1)CC(CC1CCCN1)CC2. The quantitative estimate of drug-likeness (QED) is 0.845. The Morgan fingerprint density at radius 1 is 1.24 bits per heavy atom. The van der Waals surface area contributed by atoms with E-state index in [0.29, 0.717) is 0 Å². The van der Waals surface area contributed by atoms with Crippen molar-refractivity contribution in [3.05, 3.63) is 34.3 Å². The van der Waals surface area contributed by atoms with Crippen molar-refractivity contribution in [2.45, 2.75) is 44.6 Å². The maximum Gasteiger partial charge on any atom is 0.0408 e. The van der Waals surface area contributed by atoms with Gasteiger partial charge in [0.15, 0.2) is 0 Å². The molecule has 2 heteroatoms. The van der Waals surface area contributed by atoms with Gasteiger partial charge in [0.25, 0.3) is 0 Å². The van der Waals surface area contributed by atoms with Crippen LogP contribution in [-0.4, -0.2) is 12.6 Å². The molecule has 0 amide bonds. The van der Waals surface area contributed by atoms with Crippen LogP contribution in [0.25, 0.3) is 0 Å². The molecule has 2 aliphatic rings. The van der Waals surface area contributed by atoms with E-state index in [4.69, 9.17) is 11.6 Å². The summed E-state index contributed by atoms with van der Waals surface area (Å²) < 4.78 is 0. The van der Waals surface area contributed by atoms with E-state index in [9.17, 15) is 0 Å². The highest BCUT2D eigenvalue weighted by molar-refractivity contribution is 6.30. The third kappa shape index (κ3) is 2.66. The number of hydrogen-bond acceptors (Lipinski definition) is 1. The number of aryl methyl sites for hydroxylation is 1. The predicted octanol–water partition coefficient (Wildman–Crippen LogP) is 3.59. The average Bonchev–Trinajstić information content (AvgIpc) is 2.81. The number of nitrogens with one attached hydrogen (secondary N) is 1. The normalized spacial score (nSPS) is 28.1. The van der Waals surface area contributed by atoms with Crippen LogP contribution >= 0.6 is 11.6 Å². The van der Waals surface area contributed by atoms with Crippen LogP contribution in [0.4, 0.5) is 0 Å². The zero-order chi connectivity index (χ0) is 11.7. The lowest BCUT2D eigenvalue weighted by atomic mass is 9.80. The van der Waals surface area contributed by atoms with Gasteiger partial charge in [0, 0.05) is 11.1 Å². The molecule has 1 aromatic carbocycles. The fraction of sp³-hybridized carbons (Fsp3) is 0.600. The first-order chi connectivity index (χ1) is 8.31. The molecule has 1 fully saturated rings. The molecular formula is C15H20ClN. The van der Waals surface area contributed by atoms with Gasteiger partial charge in [0.2, 0.25) is 0 Å². The van der Waals surface area contributed by atoms with Gasteiger partial charge in [-0.2, -0.15) is 0 Å². The van der Waals surface area contributed by atoms with Gasteiger partial charge in [-0.15, -0.1) is 0 Å². The first-order valence-electron chi connectivity index (χ1n) is 6.82. The minimum absolute atomic E-state index is 0.778. The number of fused-ring (bicyclic) bond motifs is 1. The second-order valence-electron chi connectivity index (χ2n) is 5.55. The maximum atomic E-state index is 6.08. The molecule has 92 valence electrons. The molecule has 1 nitrogen and oxygen atoms in total. The van der Waals surface area contributed by atoms with Gasteiger partial charge in [-0.1, -0.05) is 17.7 Å². The van der Waals surface area contributed by atoms with Crippen LogP contribution in [0.2, 0.25) is 5.02 Å². The van der Waals surface area contributed by atoms with Crippen molar-refractivity contribution in [3.8, 4) is 0 Å². The fourth-order valence-electron chi connectivity index (χ4n) is 3.36. The van der Waals surface area contributed by atoms with E-state index < -0.39 is 0 Å². The lowest BCUT2D eigenvalue weighted by Crippen LogP contribution is -2.27. The lowest BCUT2D eigenvalue weighted by molar-refractivity contribution is 0.372. The Bertz CT molecular complexity index is 396. The fourth-order valence-corrected chi connectivity index (χ4v) is 3.56. The molecule has 0 saturated carbocycles. The third-order valence-electron chi connectivity index (χ3n) is 4.28. The summed E-state index contributed by atoms with van der Waals surface area (Å²) in [6, 6.07) is 7.19. The highest BCUT2D eigenvalue weighted by Crippen LogP contribution is 2.31. The minimum atomic E-state index is 0.778. The van der Waals surface area contributed by atoms with Crippen LogP contribution < -0.4 is 5.32 Å². The van der Waals surface area contributed by atoms with E-state index in [1.54, 1.807) is 0 Å². The lowest BCUT2D eigenvalue weighted by Gasteiger charge is -2.27. The molecule has 3 rings (SSSR count). The molecule has 1 heterocycles. The standard InChI is InChI=1S/C15H20ClN/c16-14-6-5-12-4-3-11(8-13(12)10-14)9-15-2-1-7-17-15/h5-6,10-11,15,17H,1-4,7-9H2. The summed E-state index contributed by atoms with van der Waals surface area (Å²) in [6.45, 7) is 1.22. The molecule has 1 saturated heterocycles. The smallest absolute Gasteiger partial charge is 0.0408 e. The van der Waals surface area contributed by atoms with Crippen LogP contribution in [0, 0.1) is 5.92 Å². The molecule has 2 unspecified atom stereocenters.